The van der Waals surface area contributed by atoms with Gasteiger partial charge in [0.1, 0.15) is 0 Å². The van der Waals surface area contributed by atoms with Gasteiger partial charge >= 0.3 is 0 Å². The zero-order valence-electron chi connectivity index (χ0n) is 10.9. The van der Waals surface area contributed by atoms with E-state index >= 15 is 0 Å². The Balaban J connectivity index is 2.27. The second kappa shape index (κ2) is 6.89. The number of hydrogen-bond acceptors (Lipinski definition) is 2. The summed E-state index contributed by atoms with van der Waals surface area (Å²) in [6.45, 7) is 6.10. The van der Waals surface area contributed by atoms with Crippen LogP contribution in [0.2, 0.25) is 0 Å². The van der Waals surface area contributed by atoms with E-state index in [1.54, 1.807) is 0 Å². The van der Waals surface area contributed by atoms with Crippen LogP contribution in [0.1, 0.15) is 59.3 Å². The lowest BCUT2D eigenvalue weighted by molar-refractivity contribution is -0.123. The summed E-state index contributed by atoms with van der Waals surface area (Å²) >= 11 is 0. The summed E-state index contributed by atoms with van der Waals surface area (Å²) in [4.78, 5) is 11.8. The Hall–Kier alpha value is -0.570. The van der Waals surface area contributed by atoms with Gasteiger partial charge in [-0.05, 0) is 33.1 Å². The highest BCUT2D eigenvalue weighted by molar-refractivity contribution is 5.81. The molecule has 2 N–H and O–H groups in total. The lowest BCUT2D eigenvalue weighted by Gasteiger charge is -2.26. The third-order valence-electron chi connectivity index (χ3n) is 3.49. The standard InChI is InChI=1S/C13H26N2O/c1-4-10(2)14-13(16)11(3)15-12-8-6-5-7-9-12/h10-12,15H,4-9H2,1-3H3,(H,14,16). The van der Waals surface area contributed by atoms with E-state index in [-0.39, 0.29) is 18.0 Å². The molecule has 0 aliphatic heterocycles. The SMILES string of the molecule is CCC(C)NC(=O)C(C)NC1CCCCC1. The Kier molecular flexibility index (Phi) is 5.81. The molecule has 2 atom stereocenters. The number of nitrogens with one attached hydrogen (secondary N) is 2. The number of rotatable bonds is 5. The predicted molar refractivity (Wildman–Crippen MR) is 67.4 cm³/mol. The van der Waals surface area contributed by atoms with Crippen molar-refractivity contribution in [1.82, 2.24) is 10.6 Å². The molecule has 0 bridgehead atoms. The summed E-state index contributed by atoms with van der Waals surface area (Å²) in [6, 6.07) is 0.770. The van der Waals surface area contributed by atoms with Crippen LogP contribution in [-0.4, -0.2) is 24.0 Å². The van der Waals surface area contributed by atoms with Crippen molar-refractivity contribution in [2.75, 3.05) is 0 Å². The Morgan fingerprint density at radius 2 is 1.88 bits per heavy atom. The van der Waals surface area contributed by atoms with Gasteiger partial charge in [-0.2, -0.15) is 0 Å². The molecule has 16 heavy (non-hydrogen) atoms. The molecule has 1 fully saturated rings. The minimum Gasteiger partial charge on any atom is -0.352 e. The summed E-state index contributed by atoms with van der Waals surface area (Å²) in [5.74, 6) is 0.139. The average molecular weight is 226 g/mol. The zero-order chi connectivity index (χ0) is 12.0. The molecule has 0 saturated heterocycles. The van der Waals surface area contributed by atoms with Crippen molar-refractivity contribution in [2.45, 2.75) is 77.4 Å². The minimum absolute atomic E-state index is 0.0582. The fraction of sp³-hybridized carbons (Fsp3) is 0.923. The highest BCUT2D eigenvalue weighted by atomic mass is 16.2. The lowest BCUT2D eigenvalue weighted by Crippen LogP contribution is -2.49. The van der Waals surface area contributed by atoms with Gasteiger partial charge in [0.25, 0.3) is 0 Å². The van der Waals surface area contributed by atoms with E-state index in [0.29, 0.717) is 6.04 Å². The second-order valence-electron chi connectivity index (χ2n) is 5.04. The van der Waals surface area contributed by atoms with Gasteiger partial charge in [-0.25, -0.2) is 0 Å². The summed E-state index contributed by atoms with van der Waals surface area (Å²) in [5, 5.41) is 6.45. The van der Waals surface area contributed by atoms with E-state index in [0.717, 1.165) is 6.42 Å². The van der Waals surface area contributed by atoms with Gasteiger partial charge in [0.2, 0.25) is 5.91 Å². The van der Waals surface area contributed by atoms with E-state index in [9.17, 15) is 4.79 Å². The third-order valence-corrected chi connectivity index (χ3v) is 3.49. The van der Waals surface area contributed by atoms with Gasteiger partial charge in [0.05, 0.1) is 6.04 Å². The van der Waals surface area contributed by atoms with Crippen LogP contribution >= 0.6 is 0 Å². The predicted octanol–water partition coefficient (Wildman–Crippen LogP) is 2.21. The summed E-state index contributed by atoms with van der Waals surface area (Å²) in [6.07, 6.45) is 7.39. The molecule has 0 aromatic carbocycles. The molecule has 94 valence electrons. The van der Waals surface area contributed by atoms with Crippen molar-refractivity contribution in [3.63, 3.8) is 0 Å². The first-order valence-corrected chi connectivity index (χ1v) is 6.70. The highest BCUT2D eigenvalue weighted by Crippen LogP contribution is 2.17. The number of carbonyl (C=O) groups is 1. The van der Waals surface area contributed by atoms with E-state index in [2.05, 4.69) is 17.6 Å². The topological polar surface area (TPSA) is 41.1 Å². The van der Waals surface area contributed by atoms with Crippen LogP contribution in [0, 0.1) is 0 Å². The molecule has 1 saturated carbocycles. The molecule has 3 nitrogen and oxygen atoms in total. The van der Waals surface area contributed by atoms with Gasteiger partial charge in [-0.15, -0.1) is 0 Å². The molecule has 1 aliphatic carbocycles. The summed E-state index contributed by atoms with van der Waals surface area (Å²) < 4.78 is 0. The minimum atomic E-state index is -0.0582. The molecule has 0 spiro atoms. The van der Waals surface area contributed by atoms with Crippen LogP contribution in [0.3, 0.4) is 0 Å². The average Bonchev–Trinajstić information content (AvgIpc) is 2.30. The molecule has 0 heterocycles. The van der Waals surface area contributed by atoms with E-state index in [1.165, 1.54) is 32.1 Å². The van der Waals surface area contributed by atoms with E-state index in [4.69, 9.17) is 0 Å². The maximum Gasteiger partial charge on any atom is 0.237 e. The Morgan fingerprint density at radius 1 is 1.25 bits per heavy atom. The zero-order valence-corrected chi connectivity index (χ0v) is 10.9. The normalized spacial score (nSPS) is 21.4. The third kappa shape index (κ3) is 4.52. The molecule has 1 rings (SSSR count). The van der Waals surface area contributed by atoms with Crippen molar-refractivity contribution in [1.29, 1.82) is 0 Å². The first kappa shape index (κ1) is 13.5. The molecule has 1 aliphatic rings. The summed E-state index contributed by atoms with van der Waals surface area (Å²) in [7, 11) is 0. The first-order chi connectivity index (χ1) is 7.63. The van der Waals surface area contributed by atoms with Crippen LogP contribution in [-0.2, 0) is 4.79 Å². The first-order valence-electron chi connectivity index (χ1n) is 6.70. The Bertz CT molecular complexity index is 212. The van der Waals surface area contributed by atoms with Crippen molar-refractivity contribution < 1.29 is 4.79 Å². The molecular formula is C13H26N2O. The molecule has 3 heteroatoms. The van der Waals surface area contributed by atoms with Gasteiger partial charge in [-0.3, -0.25) is 4.79 Å². The maximum absolute atomic E-state index is 11.8. The summed E-state index contributed by atoms with van der Waals surface area (Å²) in [5.41, 5.74) is 0. The smallest absolute Gasteiger partial charge is 0.237 e. The molecule has 0 aromatic rings. The van der Waals surface area contributed by atoms with Gasteiger partial charge < -0.3 is 10.6 Å². The molecule has 1 amide bonds. The van der Waals surface area contributed by atoms with Crippen molar-refractivity contribution in [2.24, 2.45) is 0 Å². The lowest BCUT2D eigenvalue weighted by atomic mass is 9.95. The quantitative estimate of drug-likeness (QED) is 0.754. The number of amides is 1. The van der Waals surface area contributed by atoms with E-state index < -0.39 is 0 Å². The maximum atomic E-state index is 11.8. The van der Waals surface area contributed by atoms with Crippen LogP contribution in [0.4, 0.5) is 0 Å². The van der Waals surface area contributed by atoms with Gasteiger partial charge in [0, 0.05) is 12.1 Å². The number of hydrogen-bond donors (Lipinski definition) is 2. The van der Waals surface area contributed by atoms with Gasteiger partial charge in [-0.1, -0.05) is 26.2 Å². The van der Waals surface area contributed by atoms with Crippen molar-refractivity contribution in [3.8, 4) is 0 Å². The van der Waals surface area contributed by atoms with E-state index in [1.807, 2.05) is 13.8 Å². The van der Waals surface area contributed by atoms with Crippen molar-refractivity contribution >= 4 is 5.91 Å². The number of carbonyl (C=O) groups excluding carboxylic acids is 1. The molecule has 2 unspecified atom stereocenters. The van der Waals surface area contributed by atoms with Crippen molar-refractivity contribution in [3.05, 3.63) is 0 Å². The van der Waals surface area contributed by atoms with Crippen LogP contribution < -0.4 is 10.6 Å². The van der Waals surface area contributed by atoms with Crippen LogP contribution in [0.25, 0.3) is 0 Å². The Labute approximate surface area is 99.4 Å². The monoisotopic (exact) mass is 226 g/mol. The largest absolute Gasteiger partial charge is 0.352 e. The highest BCUT2D eigenvalue weighted by Gasteiger charge is 2.20. The fourth-order valence-corrected chi connectivity index (χ4v) is 2.17. The molecule has 0 radical (unpaired) electrons. The van der Waals surface area contributed by atoms with Crippen LogP contribution in [0.15, 0.2) is 0 Å². The molecular weight excluding hydrogens is 200 g/mol. The molecule has 0 aromatic heterocycles. The van der Waals surface area contributed by atoms with Gasteiger partial charge in [0.15, 0.2) is 0 Å². The fourth-order valence-electron chi connectivity index (χ4n) is 2.17. The van der Waals surface area contributed by atoms with Crippen LogP contribution in [0.5, 0.6) is 0 Å². The second-order valence-corrected chi connectivity index (χ2v) is 5.04. The Morgan fingerprint density at radius 3 is 2.44 bits per heavy atom.